The van der Waals surface area contributed by atoms with Gasteiger partial charge in [-0.1, -0.05) is 23.7 Å². The second kappa shape index (κ2) is 7.99. The van der Waals surface area contributed by atoms with Crippen molar-refractivity contribution < 1.29 is 22.7 Å². The molecule has 4 rings (SSSR count). The summed E-state index contributed by atoms with van der Waals surface area (Å²) in [6.45, 7) is 0.0626. The summed E-state index contributed by atoms with van der Waals surface area (Å²) in [5.41, 5.74) is 1.18. The Morgan fingerprint density at radius 1 is 1.17 bits per heavy atom. The van der Waals surface area contributed by atoms with Gasteiger partial charge in [0.25, 0.3) is 5.91 Å². The van der Waals surface area contributed by atoms with E-state index in [1.165, 1.54) is 12.1 Å². The number of aromatic nitrogens is 1. The van der Waals surface area contributed by atoms with Gasteiger partial charge in [0.1, 0.15) is 11.9 Å². The molecule has 0 aliphatic carbocycles. The number of carbonyl (C=O) groups is 1. The summed E-state index contributed by atoms with van der Waals surface area (Å²) in [5.74, 6) is -0.143. The number of benzene rings is 2. The first-order valence-electron chi connectivity index (χ1n) is 9.17. The molecule has 1 aliphatic heterocycles. The molecule has 8 heteroatoms. The summed E-state index contributed by atoms with van der Waals surface area (Å²) in [4.78, 5) is 16.4. The van der Waals surface area contributed by atoms with Gasteiger partial charge in [0.2, 0.25) is 0 Å². The lowest BCUT2D eigenvalue weighted by atomic mass is 10.0. The smallest absolute Gasteiger partial charge is 0.417 e. The first kappa shape index (κ1) is 20.2. The van der Waals surface area contributed by atoms with Gasteiger partial charge in [-0.2, -0.15) is 13.2 Å². The van der Waals surface area contributed by atoms with Gasteiger partial charge in [-0.05, 0) is 42.0 Å². The predicted molar refractivity (Wildman–Crippen MR) is 107 cm³/mol. The first-order valence-corrected chi connectivity index (χ1v) is 9.54. The number of rotatable bonds is 4. The SMILES string of the molecule is O=C(NCC1Cc2cc(Cl)cc(-c3ccncc3)c2O1)c1ccccc1C(F)(F)F. The van der Waals surface area contributed by atoms with Gasteiger partial charge in [-0.3, -0.25) is 9.78 Å². The molecule has 154 valence electrons. The van der Waals surface area contributed by atoms with Crippen molar-refractivity contribution in [3.63, 3.8) is 0 Å². The van der Waals surface area contributed by atoms with Crippen LogP contribution in [0.15, 0.2) is 60.9 Å². The van der Waals surface area contributed by atoms with Crippen molar-refractivity contribution in [1.82, 2.24) is 10.3 Å². The average molecular weight is 433 g/mol. The quantitative estimate of drug-likeness (QED) is 0.620. The van der Waals surface area contributed by atoms with Crippen molar-refractivity contribution in [3.05, 3.63) is 82.6 Å². The Balaban J connectivity index is 1.50. The minimum atomic E-state index is -4.61. The summed E-state index contributed by atoms with van der Waals surface area (Å²) >= 11 is 6.25. The zero-order valence-corrected chi connectivity index (χ0v) is 16.3. The highest BCUT2D eigenvalue weighted by molar-refractivity contribution is 6.31. The maximum absolute atomic E-state index is 13.2. The topological polar surface area (TPSA) is 51.2 Å². The van der Waals surface area contributed by atoms with E-state index in [-0.39, 0.29) is 6.54 Å². The van der Waals surface area contributed by atoms with Crippen LogP contribution in [0.5, 0.6) is 5.75 Å². The zero-order valence-electron chi connectivity index (χ0n) is 15.5. The highest BCUT2D eigenvalue weighted by Crippen LogP contribution is 2.41. The number of fused-ring (bicyclic) bond motifs is 1. The van der Waals surface area contributed by atoms with E-state index >= 15 is 0 Å². The fourth-order valence-electron chi connectivity index (χ4n) is 3.48. The highest BCUT2D eigenvalue weighted by atomic mass is 35.5. The first-order chi connectivity index (χ1) is 14.3. The normalized spacial score (nSPS) is 15.4. The minimum absolute atomic E-state index is 0.0626. The molecule has 1 atom stereocenters. The van der Waals surface area contributed by atoms with Crippen LogP contribution in [0.4, 0.5) is 13.2 Å². The maximum Gasteiger partial charge on any atom is 0.417 e. The predicted octanol–water partition coefficient (Wildman–Crippen LogP) is 5.15. The molecule has 0 fully saturated rings. The summed E-state index contributed by atoms with van der Waals surface area (Å²) < 4.78 is 45.5. The number of hydrogen-bond donors (Lipinski definition) is 1. The van der Waals surface area contributed by atoms with Crippen molar-refractivity contribution in [2.75, 3.05) is 6.54 Å². The van der Waals surface area contributed by atoms with Crippen LogP contribution in [0.25, 0.3) is 11.1 Å². The molecule has 0 radical (unpaired) electrons. The molecule has 1 N–H and O–H groups in total. The number of nitrogens with one attached hydrogen (secondary N) is 1. The molecule has 3 aromatic rings. The van der Waals surface area contributed by atoms with E-state index < -0.39 is 29.3 Å². The molecule has 1 unspecified atom stereocenters. The fourth-order valence-corrected chi connectivity index (χ4v) is 3.73. The Kier molecular flexibility index (Phi) is 5.39. The lowest BCUT2D eigenvalue weighted by molar-refractivity contribution is -0.137. The molecule has 0 spiro atoms. The second-order valence-electron chi connectivity index (χ2n) is 6.87. The highest BCUT2D eigenvalue weighted by Gasteiger charge is 2.35. The standard InChI is InChI=1S/C22H16ClF3N2O2/c23-15-9-14-10-16(30-20(14)18(11-15)13-5-7-27-8-6-13)12-28-21(29)17-3-1-2-4-19(17)22(24,25)26/h1-9,11,16H,10,12H2,(H,28,29). The molecule has 0 bridgehead atoms. The molecule has 4 nitrogen and oxygen atoms in total. The van der Waals surface area contributed by atoms with Crippen molar-refractivity contribution in [2.45, 2.75) is 18.7 Å². The van der Waals surface area contributed by atoms with E-state index in [2.05, 4.69) is 10.3 Å². The number of amides is 1. The molecule has 1 aromatic heterocycles. The number of carbonyl (C=O) groups excluding carboxylic acids is 1. The van der Waals surface area contributed by atoms with Gasteiger partial charge in [0.15, 0.2) is 0 Å². The van der Waals surface area contributed by atoms with Crippen LogP contribution in [0.3, 0.4) is 0 Å². The molecule has 0 saturated carbocycles. The van der Waals surface area contributed by atoms with Crippen LogP contribution >= 0.6 is 11.6 Å². The van der Waals surface area contributed by atoms with Crippen molar-refractivity contribution in [3.8, 4) is 16.9 Å². The van der Waals surface area contributed by atoms with E-state index in [0.29, 0.717) is 17.2 Å². The zero-order chi connectivity index (χ0) is 21.3. The van der Waals surface area contributed by atoms with Gasteiger partial charge in [0, 0.05) is 35.0 Å². The number of pyridine rings is 1. The third-order valence-corrected chi connectivity index (χ3v) is 5.04. The van der Waals surface area contributed by atoms with E-state index in [9.17, 15) is 18.0 Å². The number of ether oxygens (including phenoxy) is 1. The van der Waals surface area contributed by atoms with E-state index in [1.54, 1.807) is 24.5 Å². The summed E-state index contributed by atoms with van der Waals surface area (Å²) in [6, 6.07) is 11.9. The lowest BCUT2D eigenvalue weighted by Crippen LogP contribution is -2.35. The van der Waals surface area contributed by atoms with Crippen LogP contribution in [0.2, 0.25) is 5.02 Å². The lowest BCUT2D eigenvalue weighted by Gasteiger charge is -2.15. The molecule has 30 heavy (non-hydrogen) atoms. The molecule has 2 heterocycles. The Morgan fingerprint density at radius 3 is 2.63 bits per heavy atom. The van der Waals surface area contributed by atoms with Crippen molar-refractivity contribution in [2.24, 2.45) is 0 Å². The minimum Gasteiger partial charge on any atom is -0.487 e. The maximum atomic E-state index is 13.2. The fraction of sp³-hybridized carbons (Fsp3) is 0.182. The van der Waals surface area contributed by atoms with Gasteiger partial charge >= 0.3 is 6.18 Å². The molecule has 1 aliphatic rings. The summed E-state index contributed by atoms with van der Waals surface area (Å²) in [6.07, 6.45) is -1.22. The van der Waals surface area contributed by atoms with Gasteiger partial charge in [-0.15, -0.1) is 0 Å². The molecule has 1 amide bonds. The Hall–Kier alpha value is -3.06. The third-order valence-electron chi connectivity index (χ3n) is 4.82. The molecule has 0 saturated heterocycles. The largest absolute Gasteiger partial charge is 0.487 e. The number of alkyl halides is 3. The van der Waals surface area contributed by atoms with Crippen LogP contribution in [0.1, 0.15) is 21.5 Å². The van der Waals surface area contributed by atoms with Crippen LogP contribution in [-0.4, -0.2) is 23.5 Å². The van der Waals surface area contributed by atoms with Crippen molar-refractivity contribution >= 4 is 17.5 Å². The van der Waals surface area contributed by atoms with Crippen LogP contribution in [-0.2, 0) is 12.6 Å². The number of halogens is 4. The molecular weight excluding hydrogens is 417 g/mol. The number of hydrogen-bond acceptors (Lipinski definition) is 3. The average Bonchev–Trinajstić information content (AvgIpc) is 3.14. The Bertz CT molecular complexity index is 1090. The third kappa shape index (κ3) is 4.11. The Morgan fingerprint density at radius 2 is 1.90 bits per heavy atom. The molecular formula is C22H16ClF3N2O2. The van der Waals surface area contributed by atoms with E-state index in [1.807, 2.05) is 12.1 Å². The van der Waals surface area contributed by atoms with Gasteiger partial charge in [0.05, 0.1) is 17.7 Å². The van der Waals surface area contributed by atoms with E-state index in [0.717, 1.165) is 28.8 Å². The van der Waals surface area contributed by atoms with Gasteiger partial charge < -0.3 is 10.1 Å². The van der Waals surface area contributed by atoms with Gasteiger partial charge in [-0.25, -0.2) is 0 Å². The summed E-state index contributed by atoms with van der Waals surface area (Å²) in [5, 5.41) is 3.10. The second-order valence-corrected chi connectivity index (χ2v) is 7.31. The number of nitrogens with zero attached hydrogens (tertiary/aromatic N) is 1. The summed E-state index contributed by atoms with van der Waals surface area (Å²) in [7, 11) is 0. The monoisotopic (exact) mass is 432 g/mol. The van der Waals surface area contributed by atoms with E-state index in [4.69, 9.17) is 16.3 Å². The van der Waals surface area contributed by atoms with Crippen LogP contribution < -0.4 is 10.1 Å². The Labute approximate surface area is 175 Å². The van der Waals surface area contributed by atoms with Crippen LogP contribution in [0, 0.1) is 0 Å². The molecule has 2 aromatic carbocycles. The van der Waals surface area contributed by atoms with Crippen molar-refractivity contribution in [1.29, 1.82) is 0 Å².